The van der Waals surface area contributed by atoms with Crippen molar-refractivity contribution < 1.29 is 66.7 Å². The summed E-state index contributed by atoms with van der Waals surface area (Å²) in [5, 5.41) is 0. The number of esters is 7. The smallest absolute Gasteiger partial charge is 0.305 e. The zero-order chi connectivity index (χ0) is 52.5. The van der Waals surface area contributed by atoms with E-state index >= 15 is 0 Å². The molecule has 0 aromatic carbocycles. The first-order chi connectivity index (χ1) is 34.4. The van der Waals surface area contributed by atoms with Gasteiger partial charge in [0.2, 0.25) is 0 Å². The maximum absolute atomic E-state index is 13.1. The van der Waals surface area contributed by atoms with Gasteiger partial charge in [-0.1, -0.05) is 136 Å². The van der Waals surface area contributed by atoms with E-state index in [1.807, 2.05) is 19.0 Å². The van der Waals surface area contributed by atoms with Crippen LogP contribution in [0.5, 0.6) is 0 Å². The number of carbonyl (C=O) groups is 7. The molecule has 0 saturated carbocycles. The van der Waals surface area contributed by atoms with Crippen molar-refractivity contribution in [2.24, 2.45) is 5.41 Å². The van der Waals surface area contributed by atoms with Gasteiger partial charge in [0.05, 0.1) is 19.8 Å². The lowest BCUT2D eigenvalue weighted by atomic mass is 9.92. The third-order valence-corrected chi connectivity index (χ3v) is 12.2. The molecule has 0 amide bonds. The molecule has 15 heteroatoms. The predicted octanol–water partition coefficient (Wildman–Crippen LogP) is 12.0. The fourth-order valence-electron chi connectivity index (χ4n) is 7.58. The molecule has 0 spiro atoms. The van der Waals surface area contributed by atoms with Crippen LogP contribution in [0, 0.1) is 5.41 Å². The SMILES string of the molecule is CCCCCCCCCOC(=O)CCCCC(=O)OCC(COC(=O)CCCCC(=O)OCCCCCCCCC)(COC(=O)CCCCC(=O)OCCCCCCCCC)COC(=O)CCCN(C)C. The highest BCUT2D eigenvalue weighted by Crippen LogP contribution is 2.24. The standard InChI is InChI=1S/C56H101NO14/c1-6-9-12-15-18-21-30-42-65-49(58)34-24-27-37-52(61)68-45-56(48-71-55(64)40-33-41-57(4)5,46-69-53(62)38-28-25-35-50(59)66-43-31-22-19-16-13-10-7-2)47-70-54(63)39-29-26-36-51(60)67-44-32-23-20-17-14-11-8-3/h6-48H2,1-5H3. The van der Waals surface area contributed by atoms with Crippen LogP contribution >= 0.6 is 0 Å². The number of nitrogens with zero attached hydrogens (tertiary/aromatic N) is 1. The minimum absolute atomic E-state index is 0.00597. The van der Waals surface area contributed by atoms with Crippen LogP contribution in [0.4, 0.5) is 0 Å². The van der Waals surface area contributed by atoms with Gasteiger partial charge in [0.15, 0.2) is 0 Å². The Morgan fingerprint density at radius 3 is 0.732 bits per heavy atom. The largest absolute Gasteiger partial charge is 0.466 e. The van der Waals surface area contributed by atoms with E-state index in [0.29, 0.717) is 71.3 Å². The number of hydrogen-bond acceptors (Lipinski definition) is 15. The maximum atomic E-state index is 13.1. The Bertz CT molecular complexity index is 1240. The van der Waals surface area contributed by atoms with Crippen molar-refractivity contribution in [1.29, 1.82) is 0 Å². The quantitative estimate of drug-likeness (QED) is 0.0318. The molecule has 0 aliphatic carbocycles. The van der Waals surface area contributed by atoms with Crippen molar-refractivity contribution in [3.63, 3.8) is 0 Å². The molecule has 0 N–H and O–H groups in total. The molecule has 0 radical (unpaired) electrons. The van der Waals surface area contributed by atoms with Gasteiger partial charge in [-0.15, -0.1) is 0 Å². The summed E-state index contributed by atoms with van der Waals surface area (Å²) < 4.78 is 38.9. The molecule has 0 heterocycles. The molecule has 0 aliphatic heterocycles. The van der Waals surface area contributed by atoms with E-state index in [0.717, 1.165) is 57.8 Å². The van der Waals surface area contributed by atoms with E-state index in [2.05, 4.69) is 20.8 Å². The summed E-state index contributed by atoms with van der Waals surface area (Å²) >= 11 is 0. The van der Waals surface area contributed by atoms with Crippen molar-refractivity contribution in [3.05, 3.63) is 0 Å². The normalized spacial score (nSPS) is 11.3. The predicted molar refractivity (Wildman–Crippen MR) is 276 cm³/mol. The van der Waals surface area contributed by atoms with Crippen LogP contribution in [-0.2, 0) is 66.7 Å². The molecule has 0 unspecified atom stereocenters. The Balaban J connectivity index is 5.48. The molecular weight excluding hydrogens is 911 g/mol. The summed E-state index contributed by atoms with van der Waals surface area (Å²) in [6.45, 7) is 6.79. The summed E-state index contributed by atoms with van der Waals surface area (Å²) in [4.78, 5) is 91.1. The summed E-state index contributed by atoms with van der Waals surface area (Å²) in [5.41, 5.74) is -1.45. The van der Waals surface area contributed by atoms with Crippen LogP contribution < -0.4 is 0 Å². The third-order valence-electron chi connectivity index (χ3n) is 12.2. The van der Waals surface area contributed by atoms with Gasteiger partial charge >= 0.3 is 41.8 Å². The molecule has 0 fully saturated rings. The Morgan fingerprint density at radius 1 is 0.282 bits per heavy atom. The molecular formula is C56H101NO14. The highest BCUT2D eigenvalue weighted by atomic mass is 16.6. The Morgan fingerprint density at radius 2 is 0.493 bits per heavy atom. The summed E-state index contributed by atoms with van der Waals surface area (Å²) in [7, 11) is 3.79. The fraction of sp³-hybridized carbons (Fsp3) is 0.875. The Hall–Kier alpha value is -3.75. The van der Waals surface area contributed by atoms with Crippen molar-refractivity contribution >= 4 is 41.8 Å². The number of hydrogen-bond donors (Lipinski definition) is 0. The van der Waals surface area contributed by atoms with Gasteiger partial charge in [0.1, 0.15) is 31.8 Å². The van der Waals surface area contributed by atoms with Crippen LogP contribution in [0.2, 0.25) is 0 Å². The second-order valence-corrected chi connectivity index (χ2v) is 19.7. The zero-order valence-electron chi connectivity index (χ0n) is 45.6. The van der Waals surface area contributed by atoms with Gasteiger partial charge < -0.3 is 38.1 Å². The lowest BCUT2D eigenvalue weighted by Gasteiger charge is -2.31. The van der Waals surface area contributed by atoms with E-state index in [-0.39, 0.29) is 69.5 Å². The Kier molecular flexibility index (Phi) is 46.0. The van der Waals surface area contributed by atoms with Crippen molar-refractivity contribution in [1.82, 2.24) is 4.90 Å². The molecule has 414 valence electrons. The molecule has 0 aromatic heterocycles. The van der Waals surface area contributed by atoms with Gasteiger partial charge in [-0.05, 0) is 84.8 Å². The van der Waals surface area contributed by atoms with Crippen LogP contribution in [0.1, 0.15) is 245 Å². The van der Waals surface area contributed by atoms with E-state index in [1.165, 1.54) is 77.0 Å². The maximum Gasteiger partial charge on any atom is 0.305 e. The van der Waals surface area contributed by atoms with Gasteiger partial charge in [0, 0.05) is 44.9 Å². The average Bonchev–Trinajstić information content (AvgIpc) is 3.35. The molecule has 0 bridgehead atoms. The number of carbonyl (C=O) groups excluding carboxylic acids is 7. The van der Waals surface area contributed by atoms with Crippen molar-refractivity contribution in [2.75, 3.05) is 66.9 Å². The van der Waals surface area contributed by atoms with E-state index in [4.69, 9.17) is 33.2 Å². The first kappa shape index (κ1) is 67.2. The third kappa shape index (κ3) is 45.8. The molecule has 0 saturated heterocycles. The number of ether oxygens (including phenoxy) is 7. The molecule has 0 atom stereocenters. The fourth-order valence-corrected chi connectivity index (χ4v) is 7.58. The molecule has 0 rings (SSSR count). The monoisotopic (exact) mass is 1010 g/mol. The lowest BCUT2D eigenvalue weighted by Crippen LogP contribution is -2.44. The summed E-state index contributed by atoms with van der Waals surface area (Å²) in [6, 6.07) is 0. The van der Waals surface area contributed by atoms with Crippen LogP contribution in [0.3, 0.4) is 0 Å². The van der Waals surface area contributed by atoms with Crippen molar-refractivity contribution in [3.8, 4) is 0 Å². The van der Waals surface area contributed by atoms with Crippen LogP contribution in [0.15, 0.2) is 0 Å². The van der Waals surface area contributed by atoms with Gasteiger partial charge in [-0.3, -0.25) is 33.6 Å². The second-order valence-electron chi connectivity index (χ2n) is 19.7. The lowest BCUT2D eigenvalue weighted by molar-refractivity contribution is -0.171. The first-order valence-electron chi connectivity index (χ1n) is 28.1. The van der Waals surface area contributed by atoms with E-state index in [1.54, 1.807) is 0 Å². The molecule has 15 nitrogen and oxygen atoms in total. The molecule has 0 aliphatic rings. The van der Waals surface area contributed by atoms with E-state index in [9.17, 15) is 33.6 Å². The van der Waals surface area contributed by atoms with Crippen LogP contribution in [0.25, 0.3) is 0 Å². The molecule has 0 aromatic rings. The zero-order valence-corrected chi connectivity index (χ0v) is 45.6. The highest BCUT2D eigenvalue weighted by molar-refractivity contribution is 5.72. The second kappa shape index (κ2) is 48.5. The highest BCUT2D eigenvalue weighted by Gasteiger charge is 2.38. The topological polar surface area (TPSA) is 187 Å². The number of rotatable bonds is 51. The van der Waals surface area contributed by atoms with Crippen molar-refractivity contribution in [2.45, 2.75) is 245 Å². The number of unbranched alkanes of at least 4 members (excludes halogenated alkanes) is 21. The molecule has 71 heavy (non-hydrogen) atoms. The minimum Gasteiger partial charge on any atom is -0.466 e. The summed E-state index contributed by atoms with van der Waals surface area (Å²) in [5.74, 6) is -3.20. The van der Waals surface area contributed by atoms with Crippen LogP contribution in [-0.4, -0.2) is 114 Å². The minimum atomic E-state index is -1.45. The van der Waals surface area contributed by atoms with Gasteiger partial charge in [-0.2, -0.15) is 0 Å². The van der Waals surface area contributed by atoms with E-state index < -0.39 is 49.1 Å². The summed E-state index contributed by atoms with van der Waals surface area (Å²) in [6.07, 6.45) is 27.0. The Labute approximate surface area is 429 Å². The first-order valence-corrected chi connectivity index (χ1v) is 28.1. The van der Waals surface area contributed by atoms with Gasteiger partial charge in [0.25, 0.3) is 0 Å². The average molecular weight is 1010 g/mol. The van der Waals surface area contributed by atoms with Gasteiger partial charge in [-0.25, -0.2) is 0 Å².